The molecule has 3 aromatic carbocycles. The van der Waals surface area contributed by atoms with Crippen molar-refractivity contribution in [1.82, 2.24) is 0 Å². The van der Waals surface area contributed by atoms with Crippen molar-refractivity contribution in [1.29, 1.82) is 5.41 Å². The molecule has 1 aliphatic rings. The van der Waals surface area contributed by atoms with Gasteiger partial charge in [0.2, 0.25) is 0 Å². The Hall–Kier alpha value is -2.13. The van der Waals surface area contributed by atoms with Crippen LogP contribution in [0.5, 0.6) is 0 Å². The first-order chi connectivity index (χ1) is 10.2. The number of benzene rings is 3. The van der Waals surface area contributed by atoms with Crippen LogP contribution in [0, 0.1) is 5.41 Å². The Morgan fingerprint density at radius 1 is 0.905 bits per heavy atom. The largest absolute Gasteiger partial charge is 0.322 e. The van der Waals surface area contributed by atoms with Crippen molar-refractivity contribution in [3.05, 3.63) is 76.3 Å². The molecule has 0 saturated carbocycles. The van der Waals surface area contributed by atoms with Crippen LogP contribution in [0.1, 0.15) is 11.1 Å². The molecule has 0 spiro atoms. The van der Waals surface area contributed by atoms with Gasteiger partial charge in [-0.15, -0.1) is 0 Å². The van der Waals surface area contributed by atoms with E-state index in [1.54, 1.807) is 0 Å². The highest BCUT2D eigenvalue weighted by atomic mass is 79.9. The van der Waals surface area contributed by atoms with Crippen molar-refractivity contribution < 1.29 is 0 Å². The van der Waals surface area contributed by atoms with Crippen LogP contribution in [-0.4, -0.2) is 5.84 Å². The number of rotatable bonds is 1. The number of anilines is 1. The van der Waals surface area contributed by atoms with E-state index in [4.69, 9.17) is 5.41 Å². The fraction of sp³-hybridized carbons (Fsp3) is 0.0556. The molecule has 0 aromatic heterocycles. The van der Waals surface area contributed by atoms with Crippen LogP contribution in [0.2, 0.25) is 0 Å². The summed E-state index contributed by atoms with van der Waals surface area (Å²) >= 11 is 3.50. The smallest absolute Gasteiger partial charge is 0.133 e. The standard InChI is InChI=1S/C18H13BrN2/c19-15-7-5-13-10-16(8-6-12(13)9-15)21-11-14-3-1-2-4-17(14)18(21)20/h1-10,20H,11H2. The van der Waals surface area contributed by atoms with E-state index in [1.807, 2.05) is 18.2 Å². The summed E-state index contributed by atoms with van der Waals surface area (Å²) in [6.07, 6.45) is 0. The van der Waals surface area contributed by atoms with E-state index in [1.165, 1.54) is 16.3 Å². The van der Waals surface area contributed by atoms with Gasteiger partial charge in [-0.25, -0.2) is 0 Å². The maximum Gasteiger partial charge on any atom is 0.133 e. The lowest BCUT2D eigenvalue weighted by Gasteiger charge is -2.18. The zero-order valence-corrected chi connectivity index (χ0v) is 12.9. The Morgan fingerprint density at radius 2 is 1.67 bits per heavy atom. The van der Waals surface area contributed by atoms with E-state index in [2.05, 4.69) is 63.3 Å². The molecule has 0 amide bonds. The zero-order valence-electron chi connectivity index (χ0n) is 11.3. The minimum absolute atomic E-state index is 0.585. The average molecular weight is 337 g/mol. The van der Waals surface area contributed by atoms with Gasteiger partial charge in [-0.3, -0.25) is 5.41 Å². The second-order valence-electron chi connectivity index (χ2n) is 5.27. The average Bonchev–Trinajstić information content (AvgIpc) is 2.84. The Bertz CT molecular complexity index is 870. The maximum atomic E-state index is 8.39. The first kappa shape index (κ1) is 12.6. The number of fused-ring (bicyclic) bond motifs is 2. The summed E-state index contributed by atoms with van der Waals surface area (Å²) in [7, 11) is 0. The fourth-order valence-electron chi connectivity index (χ4n) is 2.88. The maximum absolute atomic E-state index is 8.39. The van der Waals surface area contributed by atoms with Gasteiger partial charge in [0.15, 0.2) is 0 Å². The SMILES string of the molecule is N=C1c2ccccc2CN1c1ccc2cc(Br)ccc2c1. The van der Waals surface area contributed by atoms with Crippen molar-refractivity contribution in [2.45, 2.75) is 6.54 Å². The van der Waals surface area contributed by atoms with Gasteiger partial charge in [-0.1, -0.05) is 52.3 Å². The van der Waals surface area contributed by atoms with Gasteiger partial charge in [0.1, 0.15) is 5.84 Å². The highest BCUT2D eigenvalue weighted by Gasteiger charge is 2.24. The predicted octanol–water partition coefficient (Wildman–Crippen LogP) is 4.95. The molecule has 0 radical (unpaired) electrons. The molecule has 1 aliphatic heterocycles. The van der Waals surface area contributed by atoms with Crippen molar-refractivity contribution in [2.75, 3.05) is 4.90 Å². The van der Waals surface area contributed by atoms with E-state index >= 15 is 0 Å². The molecule has 0 fully saturated rings. The van der Waals surface area contributed by atoms with Crippen LogP contribution < -0.4 is 4.90 Å². The van der Waals surface area contributed by atoms with E-state index < -0.39 is 0 Å². The summed E-state index contributed by atoms with van der Waals surface area (Å²) in [6, 6.07) is 20.8. The normalized spacial score (nSPS) is 13.8. The molecular weight excluding hydrogens is 324 g/mol. The number of halogens is 1. The second kappa shape index (κ2) is 4.71. The fourth-order valence-corrected chi connectivity index (χ4v) is 3.26. The van der Waals surface area contributed by atoms with Crippen LogP contribution in [0.4, 0.5) is 5.69 Å². The lowest BCUT2D eigenvalue weighted by Crippen LogP contribution is -2.22. The first-order valence-corrected chi connectivity index (χ1v) is 7.65. The zero-order chi connectivity index (χ0) is 14.4. The van der Waals surface area contributed by atoms with Crippen LogP contribution in [0.15, 0.2) is 65.1 Å². The van der Waals surface area contributed by atoms with Crippen LogP contribution in [-0.2, 0) is 6.54 Å². The molecule has 4 rings (SSSR count). The minimum atomic E-state index is 0.585. The highest BCUT2D eigenvalue weighted by molar-refractivity contribution is 9.10. The van der Waals surface area contributed by atoms with Gasteiger partial charge >= 0.3 is 0 Å². The summed E-state index contributed by atoms with van der Waals surface area (Å²) in [4.78, 5) is 2.06. The third kappa shape index (κ3) is 2.05. The number of amidine groups is 1. The molecule has 3 aromatic rings. The summed E-state index contributed by atoms with van der Waals surface area (Å²) in [5.41, 5.74) is 3.33. The third-order valence-corrected chi connectivity index (χ3v) is 4.46. The van der Waals surface area contributed by atoms with Crippen molar-refractivity contribution in [3.63, 3.8) is 0 Å². The lowest BCUT2D eigenvalue weighted by molar-refractivity contribution is 1.05. The molecule has 21 heavy (non-hydrogen) atoms. The predicted molar refractivity (Wildman–Crippen MR) is 91.1 cm³/mol. The Kier molecular flexibility index (Phi) is 2.82. The Balaban J connectivity index is 1.78. The van der Waals surface area contributed by atoms with Crippen molar-refractivity contribution in [3.8, 4) is 0 Å². The second-order valence-corrected chi connectivity index (χ2v) is 6.18. The van der Waals surface area contributed by atoms with E-state index in [9.17, 15) is 0 Å². The third-order valence-electron chi connectivity index (χ3n) is 3.97. The molecule has 1 N–H and O–H groups in total. The van der Waals surface area contributed by atoms with E-state index in [0.717, 1.165) is 22.3 Å². The molecular formula is C18H13BrN2. The minimum Gasteiger partial charge on any atom is -0.322 e. The van der Waals surface area contributed by atoms with Crippen molar-refractivity contribution >= 4 is 38.2 Å². The van der Waals surface area contributed by atoms with Gasteiger partial charge in [0.05, 0.1) is 6.54 Å². The molecule has 2 nitrogen and oxygen atoms in total. The molecule has 3 heteroatoms. The lowest BCUT2D eigenvalue weighted by atomic mass is 10.1. The van der Waals surface area contributed by atoms with Crippen LogP contribution in [0.25, 0.3) is 10.8 Å². The molecule has 1 heterocycles. The molecule has 0 saturated heterocycles. The Morgan fingerprint density at radius 3 is 2.52 bits per heavy atom. The van der Waals surface area contributed by atoms with E-state index in [0.29, 0.717) is 5.84 Å². The molecule has 0 aliphatic carbocycles. The highest BCUT2D eigenvalue weighted by Crippen LogP contribution is 2.31. The first-order valence-electron chi connectivity index (χ1n) is 6.86. The molecule has 0 unspecified atom stereocenters. The monoisotopic (exact) mass is 336 g/mol. The van der Waals surface area contributed by atoms with Gasteiger partial charge in [-0.05, 0) is 40.6 Å². The summed E-state index contributed by atoms with van der Waals surface area (Å²) in [6.45, 7) is 0.775. The molecule has 102 valence electrons. The van der Waals surface area contributed by atoms with E-state index in [-0.39, 0.29) is 0 Å². The summed E-state index contributed by atoms with van der Waals surface area (Å²) < 4.78 is 1.09. The number of nitrogens with zero attached hydrogens (tertiary/aromatic N) is 1. The number of nitrogens with one attached hydrogen (secondary N) is 1. The van der Waals surface area contributed by atoms with Crippen molar-refractivity contribution in [2.24, 2.45) is 0 Å². The van der Waals surface area contributed by atoms with Gasteiger partial charge in [-0.2, -0.15) is 0 Å². The quantitative estimate of drug-likeness (QED) is 0.668. The Labute approximate surface area is 131 Å². The van der Waals surface area contributed by atoms with Gasteiger partial charge < -0.3 is 4.90 Å². The van der Waals surface area contributed by atoms with Gasteiger partial charge in [0, 0.05) is 15.7 Å². The molecule has 0 atom stereocenters. The van der Waals surface area contributed by atoms with Crippen LogP contribution in [0.3, 0.4) is 0 Å². The summed E-state index contributed by atoms with van der Waals surface area (Å²) in [5, 5.41) is 10.8. The van der Waals surface area contributed by atoms with Gasteiger partial charge in [0.25, 0.3) is 0 Å². The number of hydrogen-bond acceptors (Lipinski definition) is 1. The summed E-state index contributed by atoms with van der Waals surface area (Å²) in [5.74, 6) is 0.585. The topological polar surface area (TPSA) is 27.1 Å². The number of hydrogen-bond donors (Lipinski definition) is 1. The molecule has 0 bridgehead atoms. The van der Waals surface area contributed by atoms with Crippen LogP contribution >= 0.6 is 15.9 Å².